The number of nitrogens with one attached hydrogen (secondary N) is 2. The lowest BCUT2D eigenvalue weighted by atomic mass is 10.2. The first-order valence-electron chi connectivity index (χ1n) is 5.25. The van der Waals surface area contributed by atoms with Crippen LogP contribution >= 0.6 is 0 Å². The van der Waals surface area contributed by atoms with Crippen LogP contribution < -0.4 is 10.2 Å². The van der Waals surface area contributed by atoms with Gasteiger partial charge in [0.1, 0.15) is 5.82 Å². The number of aromatic amines is 1. The second kappa shape index (κ2) is 4.69. The predicted octanol–water partition coefficient (Wildman–Crippen LogP) is 1.73. The van der Waals surface area contributed by atoms with Gasteiger partial charge in [-0.2, -0.15) is 5.10 Å². The molecule has 88 valence electrons. The van der Waals surface area contributed by atoms with Crippen molar-refractivity contribution >= 4 is 17.4 Å². The molecular weight excluding hydrogens is 216 g/mol. The van der Waals surface area contributed by atoms with Gasteiger partial charge < -0.3 is 10.2 Å². The summed E-state index contributed by atoms with van der Waals surface area (Å²) in [6.45, 7) is 0. The molecule has 0 saturated heterocycles. The van der Waals surface area contributed by atoms with Crippen molar-refractivity contribution in [3.8, 4) is 0 Å². The van der Waals surface area contributed by atoms with Crippen LogP contribution in [0.5, 0.6) is 0 Å². The average molecular weight is 230 g/mol. The molecule has 17 heavy (non-hydrogen) atoms. The zero-order valence-corrected chi connectivity index (χ0v) is 9.77. The van der Waals surface area contributed by atoms with E-state index in [0.29, 0.717) is 11.4 Å². The van der Waals surface area contributed by atoms with E-state index in [1.54, 1.807) is 18.3 Å². The Kier molecular flexibility index (Phi) is 3.09. The Morgan fingerprint density at radius 2 is 2.18 bits per heavy atom. The first-order valence-corrected chi connectivity index (χ1v) is 5.25. The average Bonchev–Trinajstić information content (AvgIpc) is 2.82. The normalized spacial score (nSPS) is 10.0. The highest BCUT2D eigenvalue weighted by Crippen LogP contribution is 2.14. The monoisotopic (exact) mass is 230 g/mol. The minimum atomic E-state index is -0.155. The van der Waals surface area contributed by atoms with Gasteiger partial charge in [-0.05, 0) is 18.2 Å². The highest BCUT2D eigenvalue weighted by Gasteiger charge is 2.07. The molecule has 2 N–H and O–H groups in total. The maximum absolute atomic E-state index is 11.9. The van der Waals surface area contributed by atoms with Crippen LogP contribution in [0.1, 0.15) is 10.4 Å². The van der Waals surface area contributed by atoms with Crippen LogP contribution in [-0.4, -0.2) is 30.2 Å². The topological polar surface area (TPSA) is 61.0 Å². The summed E-state index contributed by atoms with van der Waals surface area (Å²) < 4.78 is 0. The van der Waals surface area contributed by atoms with E-state index < -0.39 is 0 Å². The van der Waals surface area contributed by atoms with Crippen LogP contribution in [-0.2, 0) is 0 Å². The largest absolute Gasteiger partial charge is 0.378 e. The summed E-state index contributed by atoms with van der Waals surface area (Å²) in [6, 6.07) is 9.13. The van der Waals surface area contributed by atoms with Gasteiger partial charge in [-0.15, -0.1) is 0 Å². The van der Waals surface area contributed by atoms with Gasteiger partial charge in [-0.25, -0.2) is 0 Å². The number of anilines is 2. The van der Waals surface area contributed by atoms with E-state index in [0.717, 1.165) is 5.69 Å². The zero-order valence-electron chi connectivity index (χ0n) is 9.77. The zero-order chi connectivity index (χ0) is 12.3. The van der Waals surface area contributed by atoms with Crippen LogP contribution in [0.4, 0.5) is 11.5 Å². The molecule has 2 rings (SSSR count). The molecule has 0 unspecified atom stereocenters. The van der Waals surface area contributed by atoms with Crippen molar-refractivity contribution in [2.24, 2.45) is 0 Å². The molecule has 0 aliphatic carbocycles. The predicted molar refractivity (Wildman–Crippen MR) is 67.3 cm³/mol. The van der Waals surface area contributed by atoms with Crippen molar-refractivity contribution in [3.05, 3.63) is 42.1 Å². The van der Waals surface area contributed by atoms with E-state index in [9.17, 15) is 4.79 Å². The summed E-state index contributed by atoms with van der Waals surface area (Å²) in [6.07, 6.45) is 1.59. The lowest BCUT2D eigenvalue weighted by Crippen LogP contribution is -2.14. The van der Waals surface area contributed by atoms with E-state index in [1.165, 1.54) is 0 Å². The Bertz CT molecular complexity index is 505. The minimum absolute atomic E-state index is 0.155. The Balaban J connectivity index is 2.16. The second-order valence-corrected chi connectivity index (χ2v) is 3.87. The smallest absolute Gasteiger partial charge is 0.256 e. The number of rotatable bonds is 3. The molecule has 0 fully saturated rings. The standard InChI is InChI=1S/C12H14N4O/c1-16(2)10-5-3-4-9(8-10)12(17)14-11-6-7-13-15-11/h3-8H,1-2H3,(H2,13,14,15,17). The number of H-pyrrole nitrogens is 1. The van der Waals surface area contributed by atoms with Crippen molar-refractivity contribution in [1.29, 1.82) is 0 Å². The van der Waals surface area contributed by atoms with Gasteiger partial charge in [-0.1, -0.05) is 6.07 Å². The third-order valence-electron chi connectivity index (χ3n) is 2.37. The summed E-state index contributed by atoms with van der Waals surface area (Å²) in [5.41, 5.74) is 1.60. The van der Waals surface area contributed by atoms with Crippen LogP contribution in [0.25, 0.3) is 0 Å². The summed E-state index contributed by atoms with van der Waals surface area (Å²) in [5.74, 6) is 0.434. The summed E-state index contributed by atoms with van der Waals surface area (Å²) >= 11 is 0. The molecular formula is C12H14N4O. The molecule has 0 radical (unpaired) electrons. The number of nitrogens with zero attached hydrogens (tertiary/aromatic N) is 2. The number of benzene rings is 1. The third-order valence-corrected chi connectivity index (χ3v) is 2.37. The van der Waals surface area contributed by atoms with E-state index in [2.05, 4.69) is 15.5 Å². The number of hydrogen-bond donors (Lipinski definition) is 2. The number of carbonyl (C=O) groups excluding carboxylic acids is 1. The fourth-order valence-corrected chi connectivity index (χ4v) is 1.45. The van der Waals surface area contributed by atoms with Gasteiger partial charge in [0.05, 0.1) is 6.20 Å². The van der Waals surface area contributed by atoms with Crippen molar-refractivity contribution < 1.29 is 4.79 Å². The van der Waals surface area contributed by atoms with Gasteiger partial charge >= 0.3 is 0 Å². The molecule has 1 aromatic heterocycles. The van der Waals surface area contributed by atoms with Gasteiger partial charge in [0, 0.05) is 31.4 Å². The lowest BCUT2D eigenvalue weighted by Gasteiger charge is -2.13. The number of carbonyl (C=O) groups is 1. The first kappa shape index (κ1) is 11.2. The summed E-state index contributed by atoms with van der Waals surface area (Å²) in [5, 5.41) is 9.18. The molecule has 0 saturated carbocycles. The van der Waals surface area contributed by atoms with Gasteiger partial charge in [0.15, 0.2) is 0 Å². The summed E-state index contributed by atoms with van der Waals surface area (Å²) in [4.78, 5) is 13.9. The maximum Gasteiger partial charge on any atom is 0.256 e. The molecule has 0 bridgehead atoms. The van der Waals surface area contributed by atoms with Crippen molar-refractivity contribution in [2.45, 2.75) is 0 Å². The van der Waals surface area contributed by atoms with E-state index in [-0.39, 0.29) is 5.91 Å². The van der Waals surface area contributed by atoms with E-state index in [4.69, 9.17) is 0 Å². The van der Waals surface area contributed by atoms with Crippen LogP contribution in [0.2, 0.25) is 0 Å². The summed E-state index contributed by atoms with van der Waals surface area (Å²) in [7, 11) is 3.87. The lowest BCUT2D eigenvalue weighted by molar-refractivity contribution is 0.102. The molecule has 0 spiro atoms. The van der Waals surface area contributed by atoms with E-state index in [1.807, 2.05) is 37.2 Å². The third kappa shape index (κ3) is 2.63. The molecule has 0 atom stereocenters. The highest BCUT2D eigenvalue weighted by molar-refractivity contribution is 6.04. The SMILES string of the molecule is CN(C)c1cccc(C(=O)Nc2ccn[nH]2)c1. The molecule has 2 aromatic rings. The van der Waals surface area contributed by atoms with Gasteiger partial charge in [0.2, 0.25) is 0 Å². The first-order chi connectivity index (χ1) is 8.16. The fourth-order valence-electron chi connectivity index (χ4n) is 1.45. The molecule has 5 nitrogen and oxygen atoms in total. The fraction of sp³-hybridized carbons (Fsp3) is 0.167. The molecule has 1 aromatic carbocycles. The van der Waals surface area contributed by atoms with Gasteiger partial charge in [-0.3, -0.25) is 9.89 Å². The highest BCUT2D eigenvalue weighted by atomic mass is 16.1. The Morgan fingerprint density at radius 1 is 1.35 bits per heavy atom. The van der Waals surface area contributed by atoms with Crippen LogP contribution in [0.15, 0.2) is 36.5 Å². The number of amides is 1. The van der Waals surface area contributed by atoms with Crippen molar-refractivity contribution in [3.63, 3.8) is 0 Å². The van der Waals surface area contributed by atoms with Crippen molar-refractivity contribution in [2.75, 3.05) is 24.3 Å². The molecule has 1 amide bonds. The second-order valence-electron chi connectivity index (χ2n) is 3.87. The molecule has 0 aliphatic rings. The number of aromatic nitrogens is 2. The van der Waals surface area contributed by atoms with Crippen molar-refractivity contribution in [1.82, 2.24) is 10.2 Å². The Morgan fingerprint density at radius 3 is 2.82 bits per heavy atom. The number of hydrogen-bond acceptors (Lipinski definition) is 3. The molecule has 1 heterocycles. The maximum atomic E-state index is 11.9. The van der Waals surface area contributed by atoms with Crippen LogP contribution in [0.3, 0.4) is 0 Å². The molecule has 5 heteroatoms. The van der Waals surface area contributed by atoms with Gasteiger partial charge in [0.25, 0.3) is 5.91 Å². The Labute approximate surface area is 99.5 Å². The van der Waals surface area contributed by atoms with E-state index >= 15 is 0 Å². The van der Waals surface area contributed by atoms with Crippen LogP contribution in [0, 0.1) is 0 Å². The molecule has 0 aliphatic heterocycles. The Hall–Kier alpha value is -2.30. The quantitative estimate of drug-likeness (QED) is 0.844. The minimum Gasteiger partial charge on any atom is -0.378 e.